The zero-order chi connectivity index (χ0) is 23.5. The number of barbiturate groups is 1. The topological polar surface area (TPSA) is 75.7 Å². The number of rotatable bonds is 5. The van der Waals surface area contributed by atoms with Crippen molar-refractivity contribution in [1.29, 1.82) is 0 Å². The minimum atomic E-state index is -0.768. The van der Waals surface area contributed by atoms with Crippen LogP contribution < -0.4 is 15.0 Å². The van der Waals surface area contributed by atoms with Crippen LogP contribution in [0.1, 0.15) is 22.3 Å². The molecule has 0 saturated carbocycles. The van der Waals surface area contributed by atoms with E-state index in [1.54, 1.807) is 31.2 Å². The number of ether oxygens (including phenoxy) is 1. The summed E-state index contributed by atoms with van der Waals surface area (Å²) < 4.78 is 6.93. The number of nitrogens with zero attached hydrogens (tertiary/aromatic N) is 1. The highest BCUT2D eigenvalue weighted by molar-refractivity contribution is 9.10. The lowest BCUT2D eigenvalue weighted by atomic mass is 10.0. The van der Waals surface area contributed by atoms with E-state index in [2.05, 4.69) is 21.2 Å². The van der Waals surface area contributed by atoms with Gasteiger partial charge in [0.2, 0.25) is 0 Å². The maximum Gasteiger partial charge on any atom is 0.335 e. The number of urea groups is 1. The van der Waals surface area contributed by atoms with Crippen LogP contribution in [-0.2, 0) is 16.2 Å². The van der Waals surface area contributed by atoms with Gasteiger partial charge < -0.3 is 4.74 Å². The van der Waals surface area contributed by atoms with Gasteiger partial charge in [0.05, 0.1) is 5.69 Å². The van der Waals surface area contributed by atoms with E-state index in [0.29, 0.717) is 23.6 Å². The first-order chi connectivity index (χ1) is 15.8. The standard InChI is InChI=1S/C26H21BrN2O4/c1-16-7-8-17(2)22(13-16)29-25(31)21(24(30)28-26(29)32)14-19-5-3-4-6-23(19)33-15-18-9-11-20(27)12-10-18/h3-14H,15H2,1-2H3,(H,28,30,32)/b21-14+. The number of imide groups is 2. The number of benzene rings is 3. The van der Waals surface area contributed by atoms with Crippen LogP contribution in [0.3, 0.4) is 0 Å². The molecule has 0 aliphatic carbocycles. The van der Waals surface area contributed by atoms with Crippen molar-refractivity contribution >= 4 is 45.5 Å². The van der Waals surface area contributed by atoms with Gasteiger partial charge in [-0.1, -0.05) is 58.4 Å². The Bertz CT molecular complexity index is 1280. The molecular weight excluding hydrogens is 484 g/mol. The van der Waals surface area contributed by atoms with E-state index in [0.717, 1.165) is 26.1 Å². The van der Waals surface area contributed by atoms with E-state index in [-0.39, 0.29) is 5.57 Å². The van der Waals surface area contributed by atoms with Crippen molar-refractivity contribution in [2.45, 2.75) is 20.5 Å². The fourth-order valence-electron chi connectivity index (χ4n) is 3.47. The lowest BCUT2D eigenvalue weighted by molar-refractivity contribution is -0.122. The van der Waals surface area contributed by atoms with Gasteiger partial charge in [-0.2, -0.15) is 0 Å². The van der Waals surface area contributed by atoms with Crippen LogP contribution in [0.2, 0.25) is 0 Å². The third-order valence-electron chi connectivity index (χ3n) is 5.23. The maximum atomic E-state index is 13.3. The molecular formula is C26H21BrN2O4. The number of amides is 4. The summed E-state index contributed by atoms with van der Waals surface area (Å²) in [6, 6.07) is 19.6. The van der Waals surface area contributed by atoms with E-state index in [1.807, 2.05) is 49.4 Å². The van der Waals surface area contributed by atoms with E-state index in [1.165, 1.54) is 6.08 Å². The smallest absolute Gasteiger partial charge is 0.335 e. The number of nitrogens with one attached hydrogen (secondary N) is 1. The molecule has 3 aromatic carbocycles. The molecule has 3 aromatic rings. The Morgan fingerprint density at radius 2 is 1.70 bits per heavy atom. The van der Waals surface area contributed by atoms with Crippen LogP contribution in [0.25, 0.3) is 6.08 Å². The average molecular weight is 505 g/mol. The Morgan fingerprint density at radius 3 is 2.45 bits per heavy atom. The molecule has 33 heavy (non-hydrogen) atoms. The highest BCUT2D eigenvalue weighted by Crippen LogP contribution is 2.28. The first-order valence-electron chi connectivity index (χ1n) is 10.3. The average Bonchev–Trinajstić information content (AvgIpc) is 2.79. The van der Waals surface area contributed by atoms with Gasteiger partial charge in [-0.05, 0) is 60.9 Å². The van der Waals surface area contributed by atoms with Crippen LogP contribution in [0.4, 0.5) is 10.5 Å². The summed E-state index contributed by atoms with van der Waals surface area (Å²) in [6.07, 6.45) is 1.46. The van der Waals surface area contributed by atoms with Crippen LogP contribution in [0, 0.1) is 13.8 Å². The summed E-state index contributed by atoms with van der Waals surface area (Å²) in [5.74, 6) is -0.905. The Hall–Kier alpha value is -3.71. The lowest BCUT2D eigenvalue weighted by Gasteiger charge is -2.28. The number of para-hydroxylation sites is 1. The van der Waals surface area contributed by atoms with Crippen molar-refractivity contribution in [3.05, 3.63) is 99.0 Å². The first kappa shape index (κ1) is 22.5. The molecule has 0 spiro atoms. The van der Waals surface area contributed by atoms with Gasteiger partial charge in [-0.15, -0.1) is 0 Å². The van der Waals surface area contributed by atoms with Gasteiger partial charge in [-0.25, -0.2) is 9.69 Å². The normalized spacial score (nSPS) is 15.1. The summed E-state index contributed by atoms with van der Waals surface area (Å²) in [4.78, 5) is 39.4. The summed E-state index contributed by atoms with van der Waals surface area (Å²) in [5.41, 5.74) is 3.47. The molecule has 1 fully saturated rings. The maximum absolute atomic E-state index is 13.3. The number of hydrogen-bond donors (Lipinski definition) is 1. The van der Waals surface area contributed by atoms with Gasteiger partial charge in [0.25, 0.3) is 11.8 Å². The van der Waals surface area contributed by atoms with Crippen LogP contribution in [0.15, 0.2) is 76.8 Å². The molecule has 1 N–H and O–H groups in total. The second-order valence-electron chi connectivity index (χ2n) is 7.70. The fraction of sp³-hybridized carbons (Fsp3) is 0.115. The molecule has 0 aromatic heterocycles. The lowest BCUT2D eigenvalue weighted by Crippen LogP contribution is -2.54. The van der Waals surface area contributed by atoms with E-state index in [4.69, 9.17) is 4.74 Å². The molecule has 0 unspecified atom stereocenters. The van der Waals surface area contributed by atoms with Crippen molar-refractivity contribution in [1.82, 2.24) is 5.32 Å². The minimum absolute atomic E-state index is 0.143. The second-order valence-corrected chi connectivity index (χ2v) is 8.62. The van der Waals surface area contributed by atoms with Crippen molar-refractivity contribution in [3.8, 4) is 5.75 Å². The van der Waals surface area contributed by atoms with Gasteiger partial charge >= 0.3 is 6.03 Å². The van der Waals surface area contributed by atoms with Crippen molar-refractivity contribution in [2.75, 3.05) is 4.90 Å². The van der Waals surface area contributed by atoms with Gasteiger partial charge in [0.15, 0.2) is 0 Å². The first-order valence-corrected chi connectivity index (χ1v) is 11.1. The van der Waals surface area contributed by atoms with Crippen LogP contribution in [-0.4, -0.2) is 17.8 Å². The Labute approximate surface area is 200 Å². The quantitative estimate of drug-likeness (QED) is 0.377. The molecule has 0 atom stereocenters. The van der Waals surface area contributed by atoms with Gasteiger partial charge in [-0.3, -0.25) is 14.9 Å². The minimum Gasteiger partial charge on any atom is -0.488 e. The summed E-state index contributed by atoms with van der Waals surface area (Å²) in [7, 11) is 0. The molecule has 1 aliphatic heterocycles. The Balaban J connectivity index is 1.66. The predicted molar refractivity (Wildman–Crippen MR) is 130 cm³/mol. The molecule has 4 amide bonds. The molecule has 166 valence electrons. The predicted octanol–water partition coefficient (Wildman–Crippen LogP) is 5.31. The Morgan fingerprint density at radius 1 is 0.970 bits per heavy atom. The molecule has 4 rings (SSSR count). The molecule has 6 nitrogen and oxygen atoms in total. The molecule has 0 radical (unpaired) electrons. The molecule has 7 heteroatoms. The SMILES string of the molecule is Cc1ccc(C)c(N2C(=O)NC(=O)/C(=C\c3ccccc3OCc3ccc(Br)cc3)C2=O)c1. The number of carbonyl (C=O) groups excluding carboxylic acids is 3. The third kappa shape index (κ3) is 4.88. The Kier molecular flexibility index (Phi) is 6.42. The molecule has 1 saturated heterocycles. The zero-order valence-electron chi connectivity index (χ0n) is 18.1. The number of hydrogen-bond acceptors (Lipinski definition) is 4. The second kappa shape index (κ2) is 9.42. The molecule has 0 bridgehead atoms. The summed E-state index contributed by atoms with van der Waals surface area (Å²) >= 11 is 3.41. The van der Waals surface area contributed by atoms with Gasteiger partial charge in [0.1, 0.15) is 17.9 Å². The van der Waals surface area contributed by atoms with E-state index in [9.17, 15) is 14.4 Å². The highest BCUT2D eigenvalue weighted by Gasteiger charge is 2.37. The third-order valence-corrected chi connectivity index (χ3v) is 5.76. The number of halogens is 1. The largest absolute Gasteiger partial charge is 0.488 e. The van der Waals surface area contributed by atoms with Gasteiger partial charge in [0, 0.05) is 10.0 Å². The van der Waals surface area contributed by atoms with Crippen molar-refractivity contribution in [3.63, 3.8) is 0 Å². The van der Waals surface area contributed by atoms with Crippen LogP contribution in [0.5, 0.6) is 5.75 Å². The number of aryl methyl sites for hydroxylation is 2. The van der Waals surface area contributed by atoms with E-state index < -0.39 is 17.8 Å². The summed E-state index contributed by atoms with van der Waals surface area (Å²) in [5, 5.41) is 2.27. The van der Waals surface area contributed by atoms with E-state index >= 15 is 0 Å². The van der Waals surface area contributed by atoms with Crippen molar-refractivity contribution in [2.24, 2.45) is 0 Å². The fourth-order valence-corrected chi connectivity index (χ4v) is 3.73. The number of carbonyl (C=O) groups is 3. The monoisotopic (exact) mass is 504 g/mol. The van der Waals surface area contributed by atoms with Crippen LogP contribution >= 0.6 is 15.9 Å². The number of anilines is 1. The molecule has 1 heterocycles. The molecule has 1 aliphatic rings. The summed E-state index contributed by atoms with van der Waals surface area (Å²) in [6.45, 7) is 4.00. The highest BCUT2D eigenvalue weighted by atomic mass is 79.9. The van der Waals surface area contributed by atoms with Crippen molar-refractivity contribution < 1.29 is 19.1 Å². The zero-order valence-corrected chi connectivity index (χ0v) is 19.7.